The number of benzene rings is 1. The summed E-state index contributed by atoms with van der Waals surface area (Å²) in [5.41, 5.74) is -0.904. The summed E-state index contributed by atoms with van der Waals surface area (Å²) in [5.74, 6) is -3.37. The van der Waals surface area contributed by atoms with E-state index < -0.39 is 23.4 Å². The first kappa shape index (κ1) is 16.1. The molecule has 0 atom stereocenters. The Bertz CT molecular complexity index is 637. The van der Waals surface area contributed by atoms with Crippen molar-refractivity contribution in [3.05, 3.63) is 46.7 Å². The summed E-state index contributed by atoms with van der Waals surface area (Å²) in [6.07, 6.45) is 3.16. The quantitative estimate of drug-likeness (QED) is 0.289. The molecule has 1 aromatic rings. The Hall–Kier alpha value is -2.24. The number of carbonyl (C=O) groups excluding carboxylic acids is 2. The van der Waals surface area contributed by atoms with E-state index in [-0.39, 0.29) is 29.3 Å². The van der Waals surface area contributed by atoms with Crippen molar-refractivity contribution in [3.63, 3.8) is 0 Å². The second-order valence-electron chi connectivity index (χ2n) is 5.08. The Morgan fingerprint density at radius 3 is 2.64 bits per heavy atom. The molecule has 0 amide bonds. The fraction of sp³-hybridized carbons (Fsp3) is 0.375. The summed E-state index contributed by atoms with van der Waals surface area (Å²) in [6.45, 7) is 2.94. The number of nitrogens with one attached hydrogen (secondary N) is 1. The highest BCUT2D eigenvalue weighted by Crippen LogP contribution is 2.21. The Labute approximate surface area is 127 Å². The minimum atomic E-state index is -0.966. The minimum absolute atomic E-state index is 0.0950. The fourth-order valence-electron chi connectivity index (χ4n) is 1.86. The van der Waals surface area contributed by atoms with Gasteiger partial charge in [-0.2, -0.15) is 0 Å². The summed E-state index contributed by atoms with van der Waals surface area (Å²) in [5, 5.41) is 2.91. The molecule has 1 aliphatic rings. The van der Waals surface area contributed by atoms with Crippen LogP contribution in [0.1, 0.15) is 35.7 Å². The van der Waals surface area contributed by atoms with Gasteiger partial charge in [0, 0.05) is 17.8 Å². The first-order valence-electron chi connectivity index (χ1n) is 7.08. The molecule has 118 valence electrons. The van der Waals surface area contributed by atoms with E-state index in [1.165, 1.54) is 13.1 Å². The zero-order valence-electron chi connectivity index (χ0n) is 12.4. The van der Waals surface area contributed by atoms with Gasteiger partial charge in [0.1, 0.15) is 17.2 Å². The third-order valence-corrected chi connectivity index (χ3v) is 3.35. The number of ketones is 1. The summed E-state index contributed by atoms with van der Waals surface area (Å²) in [6, 6.07) is 2.25. The van der Waals surface area contributed by atoms with Gasteiger partial charge in [0.15, 0.2) is 0 Å². The molecule has 0 aromatic heterocycles. The van der Waals surface area contributed by atoms with Gasteiger partial charge in [-0.3, -0.25) is 4.79 Å². The van der Waals surface area contributed by atoms with Crippen molar-refractivity contribution < 1.29 is 23.1 Å². The Morgan fingerprint density at radius 1 is 1.36 bits per heavy atom. The number of rotatable bonds is 6. The topological polar surface area (TPSA) is 55.4 Å². The Morgan fingerprint density at radius 2 is 2.05 bits per heavy atom. The van der Waals surface area contributed by atoms with Crippen LogP contribution in [0.4, 0.5) is 8.78 Å². The molecule has 1 fully saturated rings. The van der Waals surface area contributed by atoms with Crippen LogP contribution in [0.15, 0.2) is 23.9 Å². The standard InChI is InChI=1S/C16H17F2NO3/c1-3-22-16(21)12(8-19-10-4-5-10)15(20)11-6-7-13(17)9(2)14(11)18/h6-8,10,19H,3-5H2,1-2H3. The lowest BCUT2D eigenvalue weighted by Crippen LogP contribution is -2.21. The second kappa shape index (κ2) is 6.68. The lowest BCUT2D eigenvalue weighted by Gasteiger charge is -2.09. The summed E-state index contributed by atoms with van der Waals surface area (Å²) < 4.78 is 32.2. The molecule has 0 aliphatic heterocycles. The molecule has 1 N–H and O–H groups in total. The van der Waals surface area contributed by atoms with Crippen LogP contribution in [0.3, 0.4) is 0 Å². The number of esters is 1. The maximum atomic E-state index is 14.1. The lowest BCUT2D eigenvalue weighted by atomic mass is 10.0. The van der Waals surface area contributed by atoms with E-state index in [9.17, 15) is 18.4 Å². The van der Waals surface area contributed by atoms with E-state index in [2.05, 4.69) is 5.32 Å². The van der Waals surface area contributed by atoms with Gasteiger partial charge in [0.05, 0.1) is 12.2 Å². The van der Waals surface area contributed by atoms with Crippen molar-refractivity contribution in [1.29, 1.82) is 0 Å². The molecule has 0 radical (unpaired) electrons. The maximum absolute atomic E-state index is 14.1. The normalized spacial score (nSPS) is 14.6. The molecule has 1 saturated carbocycles. The van der Waals surface area contributed by atoms with Crippen LogP contribution in [-0.2, 0) is 9.53 Å². The highest BCUT2D eigenvalue weighted by Gasteiger charge is 2.27. The molecule has 0 saturated heterocycles. The van der Waals surface area contributed by atoms with E-state index in [0.29, 0.717) is 0 Å². The summed E-state index contributed by atoms with van der Waals surface area (Å²) in [4.78, 5) is 24.3. The van der Waals surface area contributed by atoms with E-state index in [4.69, 9.17) is 4.74 Å². The molecule has 22 heavy (non-hydrogen) atoms. The monoisotopic (exact) mass is 309 g/mol. The molecule has 0 spiro atoms. The van der Waals surface area contributed by atoms with Gasteiger partial charge in [-0.25, -0.2) is 13.6 Å². The van der Waals surface area contributed by atoms with Crippen molar-refractivity contribution in [2.75, 3.05) is 6.61 Å². The average Bonchev–Trinajstić information content (AvgIpc) is 3.29. The van der Waals surface area contributed by atoms with Gasteiger partial charge in [-0.1, -0.05) is 0 Å². The Balaban J connectivity index is 2.34. The molecule has 0 heterocycles. The van der Waals surface area contributed by atoms with E-state index in [1.807, 2.05) is 0 Å². The maximum Gasteiger partial charge on any atom is 0.343 e. The van der Waals surface area contributed by atoms with Crippen molar-refractivity contribution in [3.8, 4) is 0 Å². The van der Waals surface area contributed by atoms with Crippen molar-refractivity contribution in [1.82, 2.24) is 5.32 Å². The zero-order chi connectivity index (χ0) is 16.3. The molecule has 6 heteroatoms. The van der Waals surface area contributed by atoms with Crippen molar-refractivity contribution >= 4 is 11.8 Å². The van der Waals surface area contributed by atoms with Gasteiger partial charge >= 0.3 is 5.97 Å². The van der Waals surface area contributed by atoms with Gasteiger partial charge in [0.2, 0.25) is 5.78 Å². The van der Waals surface area contributed by atoms with E-state index >= 15 is 0 Å². The van der Waals surface area contributed by atoms with Crippen molar-refractivity contribution in [2.45, 2.75) is 32.7 Å². The molecule has 0 unspecified atom stereocenters. The van der Waals surface area contributed by atoms with Gasteiger partial charge < -0.3 is 10.1 Å². The minimum Gasteiger partial charge on any atom is -0.462 e. The first-order chi connectivity index (χ1) is 10.5. The molecule has 1 aliphatic carbocycles. The summed E-state index contributed by atoms with van der Waals surface area (Å²) in [7, 11) is 0. The third kappa shape index (κ3) is 3.50. The van der Waals surface area contributed by atoms with Crippen LogP contribution < -0.4 is 5.32 Å². The fourth-order valence-corrected chi connectivity index (χ4v) is 1.86. The SMILES string of the molecule is CCOC(=O)C(=CNC1CC1)C(=O)c1ccc(F)c(C)c1F. The predicted molar refractivity (Wildman–Crippen MR) is 76.3 cm³/mol. The zero-order valence-corrected chi connectivity index (χ0v) is 12.4. The average molecular weight is 309 g/mol. The molecule has 1 aromatic carbocycles. The largest absolute Gasteiger partial charge is 0.462 e. The van der Waals surface area contributed by atoms with Crippen LogP contribution >= 0.6 is 0 Å². The molecular formula is C16H17F2NO3. The van der Waals surface area contributed by atoms with Crippen molar-refractivity contribution in [2.24, 2.45) is 0 Å². The smallest absolute Gasteiger partial charge is 0.343 e. The molecule has 4 nitrogen and oxygen atoms in total. The number of Topliss-reactive ketones (excluding diaryl/α,β-unsaturated/α-hetero) is 1. The number of ether oxygens (including phenoxy) is 1. The molecular weight excluding hydrogens is 292 g/mol. The Kier molecular flexibility index (Phi) is 4.90. The van der Waals surface area contributed by atoms with Crippen LogP contribution in [0.25, 0.3) is 0 Å². The highest BCUT2D eigenvalue weighted by molar-refractivity contribution is 6.24. The molecule has 0 bridgehead atoms. The highest BCUT2D eigenvalue weighted by atomic mass is 19.1. The van der Waals surface area contributed by atoms with Crippen LogP contribution in [0, 0.1) is 18.6 Å². The second-order valence-corrected chi connectivity index (χ2v) is 5.08. The number of hydrogen-bond acceptors (Lipinski definition) is 4. The number of carbonyl (C=O) groups is 2. The van der Waals surface area contributed by atoms with Gasteiger partial charge in [-0.15, -0.1) is 0 Å². The first-order valence-corrected chi connectivity index (χ1v) is 7.08. The third-order valence-electron chi connectivity index (χ3n) is 3.35. The van der Waals surface area contributed by atoms with Crippen LogP contribution in [0.5, 0.6) is 0 Å². The number of hydrogen-bond donors (Lipinski definition) is 1. The molecule has 2 rings (SSSR count). The van der Waals surface area contributed by atoms with Gasteiger partial charge in [-0.05, 0) is 38.8 Å². The predicted octanol–water partition coefficient (Wildman–Crippen LogP) is 2.65. The van der Waals surface area contributed by atoms with Crippen LogP contribution in [0.2, 0.25) is 0 Å². The van der Waals surface area contributed by atoms with E-state index in [0.717, 1.165) is 25.0 Å². The lowest BCUT2D eigenvalue weighted by molar-refractivity contribution is -0.138. The van der Waals surface area contributed by atoms with Crippen LogP contribution in [-0.4, -0.2) is 24.4 Å². The van der Waals surface area contributed by atoms with E-state index in [1.54, 1.807) is 6.92 Å². The summed E-state index contributed by atoms with van der Waals surface area (Å²) >= 11 is 0. The number of halogens is 2. The van der Waals surface area contributed by atoms with Gasteiger partial charge in [0.25, 0.3) is 0 Å².